The predicted molar refractivity (Wildman–Crippen MR) is 77.3 cm³/mol. The average Bonchev–Trinajstić information content (AvgIpc) is 2.59. The number of hydrogen-bond acceptors (Lipinski definition) is 4. The Hall–Kier alpha value is -1.31. The molecule has 4 nitrogen and oxygen atoms in total. The number of pyridine rings is 1. The molecule has 0 aromatic carbocycles. The molecule has 2 heterocycles. The van der Waals surface area contributed by atoms with Crippen molar-refractivity contribution in [1.82, 2.24) is 4.98 Å². The molecule has 0 saturated carbocycles. The van der Waals surface area contributed by atoms with Gasteiger partial charge in [0.05, 0.1) is 11.2 Å². The third kappa shape index (κ3) is 3.15. The summed E-state index contributed by atoms with van der Waals surface area (Å²) < 4.78 is 37.8. The minimum atomic E-state index is -1.13. The Morgan fingerprint density at radius 3 is 2.33 bits per heavy atom. The number of halogens is 2. The van der Waals surface area contributed by atoms with Crippen molar-refractivity contribution in [3.8, 4) is 0 Å². The molecule has 2 N–H and O–H groups in total. The van der Waals surface area contributed by atoms with Gasteiger partial charge >= 0.3 is 7.12 Å². The monoisotopic (exact) mass is 296 g/mol. The summed E-state index contributed by atoms with van der Waals surface area (Å²) in [4.78, 5) is 3.34. The molecule has 1 saturated heterocycles. The second-order valence-electron chi connectivity index (χ2n) is 6.05. The lowest BCUT2D eigenvalue weighted by Gasteiger charge is -2.32. The van der Waals surface area contributed by atoms with Gasteiger partial charge in [-0.15, -0.1) is 0 Å². The summed E-state index contributed by atoms with van der Waals surface area (Å²) in [6.45, 7) is 7.90. The number of rotatable bonds is 3. The topological polar surface area (TPSA) is 57.4 Å². The van der Waals surface area contributed by atoms with Gasteiger partial charge in [-0.05, 0) is 44.8 Å². The van der Waals surface area contributed by atoms with Crippen LogP contribution in [0.4, 0.5) is 8.78 Å². The lowest BCUT2D eigenvalue weighted by atomic mass is 9.77. The highest BCUT2D eigenvalue weighted by atomic mass is 19.2. The Morgan fingerprint density at radius 1 is 1.29 bits per heavy atom. The molecule has 1 aliphatic heterocycles. The summed E-state index contributed by atoms with van der Waals surface area (Å²) in [5.41, 5.74) is 5.80. The molecule has 0 radical (unpaired) electrons. The van der Waals surface area contributed by atoms with Crippen LogP contribution in [0.3, 0.4) is 0 Å². The minimum Gasteiger partial charge on any atom is -0.400 e. The van der Waals surface area contributed by atoms with Crippen LogP contribution >= 0.6 is 0 Å². The van der Waals surface area contributed by atoms with E-state index in [1.54, 1.807) is 6.08 Å². The largest absolute Gasteiger partial charge is 0.491 e. The van der Waals surface area contributed by atoms with E-state index in [1.807, 2.05) is 27.7 Å². The zero-order chi connectivity index (χ0) is 15.8. The molecule has 0 atom stereocenters. The van der Waals surface area contributed by atoms with Gasteiger partial charge in [0.1, 0.15) is 0 Å². The van der Waals surface area contributed by atoms with Gasteiger partial charge in [0, 0.05) is 12.7 Å². The van der Waals surface area contributed by atoms with Crippen molar-refractivity contribution in [2.45, 2.75) is 38.9 Å². The summed E-state index contributed by atoms with van der Waals surface area (Å²) in [6, 6.07) is 1.06. The van der Waals surface area contributed by atoms with Gasteiger partial charge in [-0.2, -0.15) is 4.39 Å². The number of hydrogen-bond donors (Lipinski definition) is 1. The fourth-order valence-electron chi connectivity index (χ4n) is 1.95. The van der Waals surface area contributed by atoms with Gasteiger partial charge in [0.25, 0.3) is 0 Å². The first kappa shape index (κ1) is 16.1. The first-order valence-electron chi connectivity index (χ1n) is 6.73. The number of nitrogens with two attached hydrogens (primary N) is 1. The fourth-order valence-corrected chi connectivity index (χ4v) is 1.95. The third-order valence-corrected chi connectivity index (χ3v) is 3.96. The third-order valence-electron chi connectivity index (χ3n) is 3.96. The average molecular weight is 296 g/mol. The molecule has 1 aromatic rings. The van der Waals surface area contributed by atoms with Crippen molar-refractivity contribution in [1.29, 1.82) is 0 Å². The molecule has 1 aliphatic rings. The molecule has 0 amide bonds. The molecule has 0 spiro atoms. The summed E-state index contributed by atoms with van der Waals surface area (Å²) in [5, 5.41) is 0. The molecule has 114 valence electrons. The Morgan fingerprint density at radius 2 is 1.86 bits per heavy atom. The van der Waals surface area contributed by atoms with Crippen molar-refractivity contribution in [3.05, 3.63) is 35.1 Å². The smallest absolute Gasteiger partial charge is 0.400 e. The first-order chi connectivity index (χ1) is 9.66. The van der Waals surface area contributed by atoms with E-state index in [0.717, 1.165) is 6.07 Å². The maximum Gasteiger partial charge on any atom is 0.491 e. The predicted octanol–water partition coefficient (Wildman–Crippen LogP) is 2.33. The molecular formula is C14H19BF2N2O2. The van der Waals surface area contributed by atoms with E-state index in [9.17, 15) is 8.78 Å². The van der Waals surface area contributed by atoms with Gasteiger partial charge in [0.2, 0.25) is 5.95 Å². The molecule has 0 bridgehead atoms. The van der Waals surface area contributed by atoms with Crippen molar-refractivity contribution >= 4 is 13.2 Å². The van der Waals surface area contributed by atoms with E-state index in [1.165, 1.54) is 6.20 Å². The molecule has 1 aromatic heterocycles. The SMILES string of the molecule is CC1(C)OB(C(=Cc2cnc(F)c(F)c2)CN)OC1(C)C. The van der Waals surface area contributed by atoms with Crippen LogP contribution in [0.15, 0.2) is 17.7 Å². The summed E-state index contributed by atoms with van der Waals surface area (Å²) in [6.07, 6.45) is 2.84. The standard InChI is InChI=1S/C14H19BF2N2O2/c1-13(2)14(3,4)21-15(20-13)10(7-18)5-9-6-11(16)12(17)19-8-9/h5-6,8H,7,18H2,1-4H3. The van der Waals surface area contributed by atoms with E-state index in [-0.39, 0.29) is 6.54 Å². The fraction of sp³-hybridized carbons (Fsp3) is 0.500. The molecule has 2 rings (SSSR count). The zero-order valence-corrected chi connectivity index (χ0v) is 12.6. The number of nitrogens with zero attached hydrogens (tertiary/aromatic N) is 1. The maximum atomic E-state index is 13.2. The van der Waals surface area contributed by atoms with Gasteiger partial charge in [-0.1, -0.05) is 6.08 Å². The second kappa shape index (κ2) is 5.48. The Kier molecular flexibility index (Phi) is 4.19. The van der Waals surface area contributed by atoms with E-state index in [4.69, 9.17) is 15.0 Å². The van der Waals surface area contributed by atoms with Crippen molar-refractivity contribution in [3.63, 3.8) is 0 Å². The van der Waals surface area contributed by atoms with Crippen LogP contribution in [-0.2, 0) is 9.31 Å². The Balaban J connectivity index is 2.28. The molecule has 0 unspecified atom stereocenters. The van der Waals surface area contributed by atoms with Crippen molar-refractivity contribution in [2.24, 2.45) is 5.73 Å². The molecular weight excluding hydrogens is 277 g/mol. The highest BCUT2D eigenvalue weighted by molar-refractivity contribution is 6.55. The van der Waals surface area contributed by atoms with Gasteiger partial charge in [-0.25, -0.2) is 9.37 Å². The van der Waals surface area contributed by atoms with Crippen LogP contribution in [0.2, 0.25) is 0 Å². The zero-order valence-electron chi connectivity index (χ0n) is 12.6. The molecule has 7 heteroatoms. The van der Waals surface area contributed by atoms with Gasteiger partial charge < -0.3 is 15.0 Å². The van der Waals surface area contributed by atoms with Crippen LogP contribution in [0.25, 0.3) is 6.08 Å². The van der Waals surface area contributed by atoms with Gasteiger partial charge in [-0.3, -0.25) is 0 Å². The van der Waals surface area contributed by atoms with Crippen LogP contribution in [0, 0.1) is 11.8 Å². The highest BCUT2D eigenvalue weighted by Crippen LogP contribution is 2.38. The van der Waals surface area contributed by atoms with Crippen LogP contribution in [0.5, 0.6) is 0 Å². The molecule has 21 heavy (non-hydrogen) atoms. The van der Waals surface area contributed by atoms with Gasteiger partial charge in [0.15, 0.2) is 5.82 Å². The maximum absolute atomic E-state index is 13.2. The molecule has 1 fully saturated rings. The minimum absolute atomic E-state index is 0.176. The lowest BCUT2D eigenvalue weighted by Crippen LogP contribution is -2.41. The van der Waals surface area contributed by atoms with Crippen molar-refractivity contribution in [2.75, 3.05) is 6.54 Å². The highest BCUT2D eigenvalue weighted by Gasteiger charge is 2.52. The van der Waals surface area contributed by atoms with E-state index >= 15 is 0 Å². The quantitative estimate of drug-likeness (QED) is 0.687. The van der Waals surface area contributed by atoms with Crippen molar-refractivity contribution < 1.29 is 18.1 Å². The van der Waals surface area contributed by atoms with E-state index in [0.29, 0.717) is 11.0 Å². The summed E-state index contributed by atoms with van der Waals surface area (Å²) in [5.74, 6) is -2.13. The normalized spacial score (nSPS) is 20.9. The number of aromatic nitrogens is 1. The van der Waals surface area contributed by atoms with E-state index in [2.05, 4.69) is 4.98 Å². The second-order valence-corrected chi connectivity index (χ2v) is 6.05. The summed E-state index contributed by atoms with van der Waals surface area (Å²) >= 11 is 0. The first-order valence-corrected chi connectivity index (χ1v) is 6.73. The summed E-state index contributed by atoms with van der Waals surface area (Å²) in [7, 11) is -0.617. The van der Waals surface area contributed by atoms with Crippen LogP contribution < -0.4 is 5.73 Å². The van der Waals surface area contributed by atoms with E-state index < -0.39 is 30.1 Å². The molecule has 0 aliphatic carbocycles. The van der Waals surface area contributed by atoms with Crippen LogP contribution in [0.1, 0.15) is 33.3 Å². The lowest BCUT2D eigenvalue weighted by molar-refractivity contribution is 0.00578. The Bertz CT molecular complexity index is 560. The Labute approximate surface area is 123 Å². The van der Waals surface area contributed by atoms with Crippen LogP contribution in [-0.4, -0.2) is 29.8 Å².